The number of rotatable bonds is 6. The van der Waals surface area contributed by atoms with Crippen LogP contribution in [0.4, 0.5) is 5.69 Å². The first-order valence-electron chi connectivity index (χ1n) is 7.71. The Bertz CT molecular complexity index is 852. The average Bonchev–Trinajstić information content (AvgIpc) is 3.02. The molecule has 4 nitrogen and oxygen atoms in total. The summed E-state index contributed by atoms with van der Waals surface area (Å²) in [6.45, 7) is 3.78. The van der Waals surface area contributed by atoms with Gasteiger partial charge in [0.25, 0.3) is 0 Å². The molecule has 128 valence electrons. The minimum absolute atomic E-state index is 0.0426. The molecular formula is C18H17N3OS3. The zero-order chi connectivity index (χ0) is 17.6. The number of hydrogen-bond donors (Lipinski definition) is 1. The molecular weight excluding hydrogens is 370 g/mol. The van der Waals surface area contributed by atoms with Gasteiger partial charge in [-0.3, -0.25) is 4.79 Å². The van der Waals surface area contributed by atoms with E-state index in [-0.39, 0.29) is 11.2 Å². The van der Waals surface area contributed by atoms with E-state index in [1.165, 1.54) is 23.1 Å². The van der Waals surface area contributed by atoms with Crippen molar-refractivity contribution in [3.8, 4) is 0 Å². The standard InChI is InChI=1S/C18H17N3OS3/c1-12(23-18-21-20-13(2)24-18)17(22)19-15-10-6-7-11-16(15)25-14-8-4-3-5-9-14/h3-12H,1-2H3,(H,19,22)/t12-/m0/s1. The fraction of sp³-hybridized carbons (Fsp3) is 0.167. The number of aryl methyl sites for hydroxylation is 1. The van der Waals surface area contributed by atoms with Crippen LogP contribution in [-0.2, 0) is 4.79 Å². The van der Waals surface area contributed by atoms with E-state index in [9.17, 15) is 4.79 Å². The van der Waals surface area contributed by atoms with Crippen molar-refractivity contribution >= 4 is 46.5 Å². The number of carbonyl (C=O) groups excluding carboxylic acids is 1. The smallest absolute Gasteiger partial charge is 0.237 e. The van der Waals surface area contributed by atoms with E-state index in [0.29, 0.717) is 0 Å². The molecule has 0 bridgehead atoms. The number of benzene rings is 2. The molecule has 0 unspecified atom stereocenters. The van der Waals surface area contributed by atoms with Crippen LogP contribution in [0.2, 0.25) is 0 Å². The predicted molar refractivity (Wildman–Crippen MR) is 106 cm³/mol. The predicted octanol–water partition coefficient (Wildman–Crippen LogP) is 5.12. The van der Waals surface area contributed by atoms with Gasteiger partial charge in [0, 0.05) is 9.79 Å². The van der Waals surface area contributed by atoms with Crippen LogP contribution in [0.15, 0.2) is 68.7 Å². The quantitative estimate of drug-likeness (QED) is 0.595. The molecule has 3 rings (SSSR count). The van der Waals surface area contributed by atoms with Crippen molar-refractivity contribution in [2.45, 2.75) is 33.2 Å². The van der Waals surface area contributed by atoms with Crippen molar-refractivity contribution < 1.29 is 4.79 Å². The van der Waals surface area contributed by atoms with E-state index in [1.807, 2.05) is 56.3 Å². The number of anilines is 1. The molecule has 1 atom stereocenters. The van der Waals surface area contributed by atoms with Crippen molar-refractivity contribution in [2.24, 2.45) is 0 Å². The lowest BCUT2D eigenvalue weighted by molar-refractivity contribution is -0.115. The van der Waals surface area contributed by atoms with Gasteiger partial charge in [0.15, 0.2) is 4.34 Å². The first-order valence-corrected chi connectivity index (χ1v) is 10.2. The number of thioether (sulfide) groups is 1. The monoisotopic (exact) mass is 387 g/mol. The van der Waals surface area contributed by atoms with Gasteiger partial charge >= 0.3 is 0 Å². The number of amides is 1. The Balaban J connectivity index is 1.68. The molecule has 1 N–H and O–H groups in total. The second-order valence-electron chi connectivity index (χ2n) is 5.25. The van der Waals surface area contributed by atoms with E-state index in [2.05, 4.69) is 27.6 Å². The third-order valence-corrected chi connectivity index (χ3v) is 6.38. The molecule has 0 saturated carbocycles. The van der Waals surface area contributed by atoms with Crippen molar-refractivity contribution in [1.82, 2.24) is 10.2 Å². The summed E-state index contributed by atoms with van der Waals surface area (Å²) in [4.78, 5) is 14.7. The van der Waals surface area contributed by atoms with Crippen molar-refractivity contribution in [3.05, 3.63) is 59.6 Å². The molecule has 0 aliphatic carbocycles. The summed E-state index contributed by atoms with van der Waals surface area (Å²) in [7, 11) is 0. The Morgan fingerprint density at radius 3 is 2.52 bits per heavy atom. The van der Waals surface area contributed by atoms with Crippen LogP contribution in [0.25, 0.3) is 0 Å². The highest BCUT2D eigenvalue weighted by atomic mass is 32.2. The Morgan fingerprint density at radius 1 is 1.08 bits per heavy atom. The highest BCUT2D eigenvalue weighted by Gasteiger charge is 2.18. The first-order chi connectivity index (χ1) is 12.1. The average molecular weight is 388 g/mol. The summed E-state index contributed by atoms with van der Waals surface area (Å²) in [5, 5.41) is 11.7. The molecule has 1 amide bonds. The second kappa shape index (κ2) is 8.51. The molecule has 3 aromatic rings. The SMILES string of the molecule is Cc1nnc(S[C@@H](C)C(=O)Nc2ccccc2Sc2ccccc2)s1. The maximum absolute atomic E-state index is 12.5. The maximum atomic E-state index is 12.5. The number of aromatic nitrogens is 2. The summed E-state index contributed by atoms with van der Waals surface area (Å²) in [6, 6.07) is 18.0. The molecule has 0 aliphatic rings. The largest absolute Gasteiger partial charge is 0.324 e. The highest BCUT2D eigenvalue weighted by molar-refractivity contribution is 8.02. The van der Waals surface area contributed by atoms with Crippen LogP contribution in [0.1, 0.15) is 11.9 Å². The number of para-hydroxylation sites is 1. The second-order valence-corrected chi connectivity index (χ2v) is 9.13. The van der Waals surface area contributed by atoms with Crippen molar-refractivity contribution in [1.29, 1.82) is 0 Å². The van der Waals surface area contributed by atoms with E-state index in [1.54, 1.807) is 11.8 Å². The molecule has 0 spiro atoms. The normalized spacial score (nSPS) is 11.9. The molecule has 0 fully saturated rings. The molecule has 2 aromatic carbocycles. The highest BCUT2D eigenvalue weighted by Crippen LogP contribution is 2.34. The lowest BCUT2D eigenvalue weighted by Gasteiger charge is -2.13. The summed E-state index contributed by atoms with van der Waals surface area (Å²) >= 11 is 4.56. The van der Waals surface area contributed by atoms with Gasteiger partial charge in [-0.15, -0.1) is 10.2 Å². The van der Waals surface area contributed by atoms with Crippen LogP contribution in [0.5, 0.6) is 0 Å². The molecule has 1 heterocycles. The van der Waals surface area contributed by atoms with Crippen molar-refractivity contribution in [2.75, 3.05) is 5.32 Å². The molecule has 7 heteroatoms. The van der Waals surface area contributed by atoms with Gasteiger partial charge in [-0.05, 0) is 38.1 Å². The fourth-order valence-electron chi connectivity index (χ4n) is 2.04. The number of nitrogens with one attached hydrogen (secondary N) is 1. The zero-order valence-corrected chi connectivity index (χ0v) is 16.3. The summed E-state index contributed by atoms with van der Waals surface area (Å²) < 4.78 is 0.812. The first kappa shape index (κ1) is 18.0. The molecule has 25 heavy (non-hydrogen) atoms. The lowest BCUT2D eigenvalue weighted by atomic mass is 10.3. The van der Waals surface area contributed by atoms with Crippen molar-refractivity contribution in [3.63, 3.8) is 0 Å². The molecule has 1 aromatic heterocycles. The van der Waals surface area contributed by atoms with E-state index in [0.717, 1.165) is 24.8 Å². The number of hydrogen-bond acceptors (Lipinski definition) is 6. The van der Waals surface area contributed by atoms with Gasteiger partial charge < -0.3 is 5.32 Å². The van der Waals surface area contributed by atoms with Gasteiger partial charge in [-0.2, -0.15) is 0 Å². The summed E-state index contributed by atoms with van der Waals surface area (Å²) in [5.41, 5.74) is 0.822. The van der Waals surface area contributed by atoms with Gasteiger partial charge in [0.2, 0.25) is 5.91 Å². The number of nitrogens with zero attached hydrogens (tertiary/aromatic N) is 2. The minimum atomic E-state index is -0.248. The molecule has 0 radical (unpaired) electrons. The van der Waals surface area contributed by atoms with Gasteiger partial charge in [-0.25, -0.2) is 0 Å². The van der Waals surface area contributed by atoms with Crippen LogP contribution in [0, 0.1) is 6.92 Å². The Morgan fingerprint density at radius 2 is 1.80 bits per heavy atom. The maximum Gasteiger partial charge on any atom is 0.237 e. The Hall–Kier alpha value is -1.83. The fourth-order valence-corrected chi connectivity index (χ4v) is 4.92. The minimum Gasteiger partial charge on any atom is -0.324 e. The summed E-state index contributed by atoms with van der Waals surface area (Å²) in [5.74, 6) is -0.0426. The lowest BCUT2D eigenvalue weighted by Crippen LogP contribution is -2.22. The third-order valence-electron chi connectivity index (χ3n) is 3.27. The topological polar surface area (TPSA) is 54.9 Å². The van der Waals surface area contributed by atoms with Crippen LogP contribution >= 0.6 is 34.9 Å². The van der Waals surface area contributed by atoms with Crippen LogP contribution < -0.4 is 5.32 Å². The van der Waals surface area contributed by atoms with E-state index >= 15 is 0 Å². The Labute approximate surface area is 159 Å². The Kier molecular flexibility index (Phi) is 6.12. The van der Waals surface area contributed by atoms with Crippen LogP contribution in [-0.4, -0.2) is 21.4 Å². The zero-order valence-electron chi connectivity index (χ0n) is 13.8. The van der Waals surface area contributed by atoms with Gasteiger partial charge in [-0.1, -0.05) is 65.2 Å². The van der Waals surface area contributed by atoms with E-state index in [4.69, 9.17) is 0 Å². The van der Waals surface area contributed by atoms with Gasteiger partial charge in [0.1, 0.15) is 5.01 Å². The molecule has 0 aliphatic heterocycles. The number of carbonyl (C=O) groups is 1. The van der Waals surface area contributed by atoms with Crippen LogP contribution in [0.3, 0.4) is 0 Å². The third kappa shape index (κ3) is 5.07. The van der Waals surface area contributed by atoms with E-state index < -0.39 is 0 Å². The molecule has 0 saturated heterocycles. The summed E-state index contributed by atoms with van der Waals surface area (Å²) in [6.07, 6.45) is 0. The van der Waals surface area contributed by atoms with Gasteiger partial charge in [0.05, 0.1) is 10.9 Å².